The summed E-state index contributed by atoms with van der Waals surface area (Å²) in [5, 5.41) is 38.2. The Bertz CT molecular complexity index is 1430. The van der Waals surface area contributed by atoms with Gasteiger partial charge in [0.05, 0.1) is 40.6 Å². The van der Waals surface area contributed by atoms with E-state index in [0.29, 0.717) is 44.3 Å². The first-order valence-electron chi connectivity index (χ1n) is 10.6. The summed E-state index contributed by atoms with van der Waals surface area (Å²) >= 11 is 6.62. The molecule has 0 radical (unpaired) electrons. The molecular weight excluding hydrogens is 468 g/mol. The maximum atomic E-state index is 10.1. The molecule has 4 N–H and O–H groups in total. The van der Waals surface area contributed by atoms with Gasteiger partial charge in [0.15, 0.2) is 6.39 Å². The van der Waals surface area contributed by atoms with Gasteiger partial charge in [0.1, 0.15) is 29.8 Å². The van der Waals surface area contributed by atoms with E-state index in [9.17, 15) is 10.4 Å². The van der Waals surface area contributed by atoms with Crippen LogP contribution < -0.4 is 10.6 Å². The molecule has 1 unspecified atom stereocenters. The summed E-state index contributed by atoms with van der Waals surface area (Å²) in [7, 11) is 0. The van der Waals surface area contributed by atoms with Crippen LogP contribution in [0.1, 0.15) is 34.6 Å². The minimum absolute atomic E-state index is 0.176. The fourth-order valence-corrected chi connectivity index (χ4v) is 4.13. The van der Waals surface area contributed by atoms with E-state index < -0.39 is 12.1 Å². The third kappa shape index (κ3) is 4.50. The molecule has 11 heteroatoms. The number of nitrogens with zero attached hydrogens (tertiary/aromatic N) is 5. The smallest absolute Gasteiger partial charge is 0.180 e. The summed E-state index contributed by atoms with van der Waals surface area (Å²) < 4.78 is 5.16. The number of aromatic amines is 1. The van der Waals surface area contributed by atoms with E-state index in [1.165, 1.54) is 18.9 Å². The van der Waals surface area contributed by atoms with Crippen LogP contribution in [0.2, 0.25) is 5.02 Å². The highest BCUT2D eigenvalue weighted by atomic mass is 35.5. The monoisotopic (exact) mass is 486 g/mol. The Kier molecular flexibility index (Phi) is 6.26. The number of aliphatic hydroxyl groups excluding tert-OH is 1. The number of hydrogen-bond donors (Lipinski definition) is 4. The predicted molar refractivity (Wildman–Crippen MR) is 130 cm³/mol. The SMILES string of the molecule is N#Cc1cnc2c(Cl)cc(NC(c3cocn3)c3cn[nH]n3)cc2c1N[C@@H](CO)c1ccccc1. The molecule has 0 saturated heterocycles. The molecule has 3 aromatic heterocycles. The number of benzene rings is 2. The number of H-pyrrole nitrogens is 1. The summed E-state index contributed by atoms with van der Waals surface area (Å²) in [5.41, 5.74) is 4.07. The summed E-state index contributed by atoms with van der Waals surface area (Å²) in [5.74, 6) is 0. The number of fused-ring (bicyclic) bond motifs is 1. The number of aromatic nitrogens is 5. The molecule has 5 rings (SSSR count). The predicted octanol–water partition coefficient (Wildman–Crippen LogP) is 4.21. The molecule has 0 amide bonds. The molecule has 0 fully saturated rings. The zero-order chi connectivity index (χ0) is 24.2. The average Bonchev–Trinajstić information content (AvgIpc) is 3.61. The van der Waals surface area contributed by atoms with Crippen molar-refractivity contribution in [1.29, 1.82) is 5.26 Å². The van der Waals surface area contributed by atoms with Gasteiger partial charge < -0.3 is 20.2 Å². The number of halogens is 1. The highest BCUT2D eigenvalue weighted by Crippen LogP contribution is 2.36. The second-order valence-electron chi connectivity index (χ2n) is 7.69. The molecule has 2 aromatic carbocycles. The standard InChI is InChI=1S/C24H19ClN8O2/c25-18-7-16(30-24(19-10-29-33-32-19)21-12-35-13-28-21)6-17-22(15(8-26)9-27-23(17)18)31-20(11-34)14-4-2-1-3-5-14/h1-7,9-10,12-13,20,24,30,34H,11H2,(H,27,31)(H,29,32,33)/t20-,24?/m0/s1. The molecule has 0 bridgehead atoms. The lowest BCUT2D eigenvalue weighted by atomic mass is 10.0. The normalized spacial score (nSPS) is 12.7. The summed E-state index contributed by atoms with van der Waals surface area (Å²) in [6, 6.07) is 14.3. The van der Waals surface area contributed by atoms with Gasteiger partial charge in [-0.2, -0.15) is 20.7 Å². The Balaban J connectivity index is 1.59. The first-order valence-corrected chi connectivity index (χ1v) is 11.0. The zero-order valence-electron chi connectivity index (χ0n) is 18.2. The maximum Gasteiger partial charge on any atom is 0.180 e. The van der Waals surface area contributed by atoms with Crippen LogP contribution in [0.4, 0.5) is 11.4 Å². The van der Waals surface area contributed by atoms with E-state index in [1.54, 1.807) is 12.3 Å². The first kappa shape index (κ1) is 22.3. The fraction of sp³-hybridized carbons (Fsp3) is 0.125. The van der Waals surface area contributed by atoms with Crippen molar-refractivity contribution in [2.45, 2.75) is 12.1 Å². The Hall–Kier alpha value is -4.46. The molecule has 10 nitrogen and oxygen atoms in total. The highest BCUT2D eigenvalue weighted by Gasteiger charge is 2.22. The highest BCUT2D eigenvalue weighted by molar-refractivity contribution is 6.35. The van der Waals surface area contributed by atoms with E-state index in [0.717, 1.165) is 5.56 Å². The Morgan fingerprint density at radius 1 is 1.11 bits per heavy atom. The molecule has 3 heterocycles. The summed E-state index contributed by atoms with van der Waals surface area (Å²) in [6.07, 6.45) is 5.91. The first-order chi connectivity index (χ1) is 17.2. The van der Waals surface area contributed by atoms with E-state index >= 15 is 0 Å². The van der Waals surface area contributed by atoms with Crippen molar-refractivity contribution in [1.82, 2.24) is 25.4 Å². The molecular formula is C24H19ClN8O2. The van der Waals surface area contributed by atoms with Crippen molar-refractivity contribution >= 4 is 33.9 Å². The number of oxazole rings is 1. The van der Waals surface area contributed by atoms with E-state index in [-0.39, 0.29) is 6.61 Å². The van der Waals surface area contributed by atoms with Crippen molar-refractivity contribution < 1.29 is 9.52 Å². The maximum absolute atomic E-state index is 10.1. The topological polar surface area (TPSA) is 149 Å². The van der Waals surface area contributed by atoms with Gasteiger partial charge in [-0.1, -0.05) is 41.9 Å². The second kappa shape index (κ2) is 9.80. The number of pyridine rings is 1. The third-order valence-corrected chi connectivity index (χ3v) is 5.82. The average molecular weight is 487 g/mol. The van der Waals surface area contributed by atoms with Gasteiger partial charge in [-0.25, -0.2) is 4.98 Å². The fourth-order valence-electron chi connectivity index (χ4n) is 3.86. The number of hydrogen-bond acceptors (Lipinski definition) is 9. The van der Waals surface area contributed by atoms with Crippen molar-refractivity contribution in [3.05, 3.63) is 95.1 Å². The minimum Gasteiger partial charge on any atom is -0.451 e. The number of aliphatic hydroxyl groups is 1. The van der Waals surface area contributed by atoms with Crippen LogP contribution in [-0.4, -0.2) is 37.1 Å². The summed E-state index contributed by atoms with van der Waals surface area (Å²) in [4.78, 5) is 8.64. The van der Waals surface area contributed by atoms with Gasteiger partial charge in [0.25, 0.3) is 0 Å². The molecule has 0 spiro atoms. The lowest BCUT2D eigenvalue weighted by Gasteiger charge is -2.21. The largest absolute Gasteiger partial charge is 0.451 e. The minimum atomic E-state index is -0.473. The van der Waals surface area contributed by atoms with Crippen molar-refractivity contribution in [3.63, 3.8) is 0 Å². The van der Waals surface area contributed by atoms with Gasteiger partial charge in [-0.05, 0) is 17.7 Å². The Labute approximate surface area is 204 Å². The quantitative estimate of drug-likeness (QED) is 0.253. The van der Waals surface area contributed by atoms with Gasteiger partial charge >= 0.3 is 0 Å². The number of anilines is 2. The second-order valence-corrected chi connectivity index (χ2v) is 8.10. The van der Waals surface area contributed by atoms with Crippen LogP contribution >= 0.6 is 11.6 Å². The molecule has 0 aliphatic heterocycles. The third-order valence-electron chi connectivity index (χ3n) is 5.54. The summed E-state index contributed by atoms with van der Waals surface area (Å²) in [6.45, 7) is -0.176. The van der Waals surface area contributed by atoms with E-state index in [2.05, 4.69) is 42.1 Å². The lowest BCUT2D eigenvalue weighted by molar-refractivity contribution is 0.276. The number of nitrogens with one attached hydrogen (secondary N) is 3. The van der Waals surface area contributed by atoms with Crippen LogP contribution in [0.15, 0.2) is 71.9 Å². The van der Waals surface area contributed by atoms with E-state index in [1.807, 2.05) is 36.4 Å². The van der Waals surface area contributed by atoms with Gasteiger partial charge in [0, 0.05) is 17.3 Å². The molecule has 2 atom stereocenters. The van der Waals surface area contributed by atoms with Crippen LogP contribution in [-0.2, 0) is 0 Å². The molecule has 35 heavy (non-hydrogen) atoms. The van der Waals surface area contributed by atoms with Gasteiger partial charge in [0.2, 0.25) is 0 Å². The number of nitriles is 1. The van der Waals surface area contributed by atoms with Crippen LogP contribution in [0.3, 0.4) is 0 Å². The number of rotatable bonds is 8. The molecule has 0 saturated carbocycles. The van der Waals surface area contributed by atoms with Gasteiger partial charge in [-0.3, -0.25) is 4.98 Å². The Morgan fingerprint density at radius 2 is 1.97 bits per heavy atom. The van der Waals surface area contributed by atoms with Gasteiger partial charge in [-0.15, -0.1) is 0 Å². The van der Waals surface area contributed by atoms with Crippen LogP contribution in [0, 0.1) is 11.3 Å². The van der Waals surface area contributed by atoms with Crippen LogP contribution in [0.25, 0.3) is 10.9 Å². The van der Waals surface area contributed by atoms with Crippen molar-refractivity contribution in [3.8, 4) is 6.07 Å². The Morgan fingerprint density at radius 3 is 2.66 bits per heavy atom. The molecule has 0 aliphatic rings. The van der Waals surface area contributed by atoms with Crippen LogP contribution in [0.5, 0.6) is 0 Å². The molecule has 0 aliphatic carbocycles. The molecule has 5 aromatic rings. The lowest BCUT2D eigenvalue weighted by Crippen LogP contribution is -2.16. The molecule has 174 valence electrons. The van der Waals surface area contributed by atoms with Crippen molar-refractivity contribution in [2.24, 2.45) is 0 Å². The zero-order valence-corrected chi connectivity index (χ0v) is 18.9. The van der Waals surface area contributed by atoms with E-state index in [4.69, 9.17) is 16.0 Å². The van der Waals surface area contributed by atoms with Crippen molar-refractivity contribution in [2.75, 3.05) is 17.2 Å².